The Morgan fingerprint density at radius 1 is 0.839 bits per heavy atom. The van der Waals surface area contributed by atoms with Crippen LogP contribution in [0.25, 0.3) is 22.2 Å². The summed E-state index contributed by atoms with van der Waals surface area (Å²) in [6, 6.07) is 25.4. The van der Waals surface area contributed by atoms with Crippen molar-refractivity contribution >= 4 is 34.1 Å². The Labute approximate surface area is 193 Å². The number of para-hydroxylation sites is 1. The molecule has 0 aliphatic carbocycles. The van der Waals surface area contributed by atoms with Crippen LogP contribution in [0.4, 0.5) is 0 Å². The number of halogens is 2. The SMILES string of the molecule is Clc1ccc(CCN2CCC(c3c(-c4ccccc4)[nH]c4ccccc34)CC2)cc1Cl. The van der Waals surface area contributed by atoms with Crippen LogP contribution in [0.1, 0.15) is 29.9 Å². The Bertz CT molecular complexity index is 1170. The number of benzene rings is 3. The monoisotopic (exact) mass is 448 g/mol. The van der Waals surface area contributed by atoms with E-state index in [1.807, 2.05) is 12.1 Å². The predicted molar refractivity (Wildman–Crippen MR) is 132 cm³/mol. The third-order valence-corrected chi connectivity index (χ3v) is 7.24. The highest BCUT2D eigenvalue weighted by Crippen LogP contribution is 2.40. The van der Waals surface area contributed by atoms with E-state index in [0.717, 1.165) is 26.1 Å². The van der Waals surface area contributed by atoms with Gasteiger partial charge in [-0.2, -0.15) is 0 Å². The van der Waals surface area contributed by atoms with E-state index in [-0.39, 0.29) is 0 Å². The molecule has 2 heterocycles. The molecule has 4 aromatic rings. The fraction of sp³-hybridized carbons (Fsp3) is 0.259. The smallest absolute Gasteiger partial charge is 0.0595 e. The van der Waals surface area contributed by atoms with Gasteiger partial charge in [-0.1, -0.05) is 77.8 Å². The Kier molecular flexibility index (Phi) is 6.04. The van der Waals surface area contributed by atoms with Gasteiger partial charge in [-0.3, -0.25) is 0 Å². The van der Waals surface area contributed by atoms with Crippen molar-refractivity contribution in [3.05, 3.63) is 94.0 Å². The minimum absolute atomic E-state index is 0.576. The molecule has 1 aliphatic heterocycles. The Hall–Kier alpha value is -2.26. The van der Waals surface area contributed by atoms with Crippen LogP contribution in [-0.2, 0) is 6.42 Å². The highest BCUT2D eigenvalue weighted by atomic mass is 35.5. The van der Waals surface area contributed by atoms with E-state index >= 15 is 0 Å². The summed E-state index contributed by atoms with van der Waals surface area (Å²) in [6.45, 7) is 3.31. The van der Waals surface area contributed by atoms with Gasteiger partial charge < -0.3 is 9.88 Å². The van der Waals surface area contributed by atoms with Gasteiger partial charge >= 0.3 is 0 Å². The van der Waals surface area contributed by atoms with Gasteiger partial charge in [-0.15, -0.1) is 0 Å². The van der Waals surface area contributed by atoms with Gasteiger partial charge in [-0.05, 0) is 73.2 Å². The number of fused-ring (bicyclic) bond motifs is 1. The molecule has 158 valence electrons. The number of aromatic nitrogens is 1. The van der Waals surface area contributed by atoms with E-state index in [4.69, 9.17) is 23.2 Å². The average Bonchev–Trinajstić information content (AvgIpc) is 3.20. The van der Waals surface area contributed by atoms with Gasteiger partial charge in [0.2, 0.25) is 0 Å². The minimum atomic E-state index is 0.576. The maximum Gasteiger partial charge on any atom is 0.0595 e. The largest absolute Gasteiger partial charge is 0.354 e. The van der Waals surface area contributed by atoms with E-state index in [9.17, 15) is 0 Å². The molecule has 3 aromatic carbocycles. The van der Waals surface area contributed by atoms with E-state index < -0.39 is 0 Å². The Morgan fingerprint density at radius 3 is 2.35 bits per heavy atom. The molecule has 0 atom stereocenters. The molecular weight excluding hydrogens is 423 g/mol. The molecule has 0 radical (unpaired) electrons. The van der Waals surface area contributed by atoms with Gasteiger partial charge in [0.05, 0.1) is 10.0 Å². The van der Waals surface area contributed by atoms with Crippen LogP contribution in [0.5, 0.6) is 0 Å². The van der Waals surface area contributed by atoms with Crippen LogP contribution >= 0.6 is 23.2 Å². The van der Waals surface area contributed by atoms with Crippen molar-refractivity contribution in [2.45, 2.75) is 25.2 Å². The first kappa shape index (κ1) is 20.6. The first-order chi connectivity index (χ1) is 15.2. The van der Waals surface area contributed by atoms with Gasteiger partial charge in [0, 0.05) is 23.1 Å². The molecule has 0 spiro atoms. The second kappa shape index (κ2) is 9.08. The van der Waals surface area contributed by atoms with Crippen LogP contribution < -0.4 is 0 Å². The molecule has 1 aromatic heterocycles. The summed E-state index contributed by atoms with van der Waals surface area (Å²) in [5.74, 6) is 0.576. The van der Waals surface area contributed by atoms with Crippen molar-refractivity contribution in [3.8, 4) is 11.3 Å². The van der Waals surface area contributed by atoms with Crippen molar-refractivity contribution in [2.24, 2.45) is 0 Å². The number of nitrogens with zero attached hydrogens (tertiary/aromatic N) is 1. The number of rotatable bonds is 5. The molecule has 0 saturated carbocycles. The average molecular weight is 449 g/mol. The van der Waals surface area contributed by atoms with E-state index in [1.165, 1.54) is 46.1 Å². The zero-order valence-electron chi connectivity index (χ0n) is 17.5. The highest BCUT2D eigenvalue weighted by molar-refractivity contribution is 6.42. The zero-order chi connectivity index (χ0) is 21.2. The second-order valence-corrected chi connectivity index (χ2v) is 9.25. The number of H-pyrrole nitrogens is 1. The topological polar surface area (TPSA) is 19.0 Å². The van der Waals surface area contributed by atoms with Crippen molar-refractivity contribution < 1.29 is 0 Å². The fourth-order valence-electron chi connectivity index (χ4n) is 4.85. The van der Waals surface area contributed by atoms with Crippen LogP contribution in [0.15, 0.2) is 72.8 Å². The molecule has 0 unspecified atom stereocenters. The first-order valence-corrected chi connectivity index (χ1v) is 11.8. The molecule has 0 amide bonds. The van der Waals surface area contributed by atoms with Gasteiger partial charge in [0.25, 0.3) is 0 Å². The Morgan fingerprint density at radius 2 is 1.58 bits per heavy atom. The molecule has 5 rings (SSSR count). The maximum atomic E-state index is 6.18. The van der Waals surface area contributed by atoms with Gasteiger partial charge in [0.1, 0.15) is 0 Å². The second-order valence-electron chi connectivity index (χ2n) is 8.44. The van der Waals surface area contributed by atoms with Crippen molar-refractivity contribution in [1.82, 2.24) is 9.88 Å². The van der Waals surface area contributed by atoms with E-state index in [0.29, 0.717) is 16.0 Å². The zero-order valence-corrected chi connectivity index (χ0v) is 19.0. The molecular formula is C27H26Cl2N2. The third kappa shape index (κ3) is 4.39. The summed E-state index contributed by atoms with van der Waals surface area (Å²) in [5, 5.41) is 2.64. The number of likely N-dealkylation sites (tertiary alicyclic amines) is 1. The number of hydrogen-bond donors (Lipinski definition) is 1. The third-order valence-electron chi connectivity index (χ3n) is 6.51. The number of aromatic amines is 1. The van der Waals surface area contributed by atoms with Gasteiger partial charge in [0.15, 0.2) is 0 Å². The van der Waals surface area contributed by atoms with Crippen LogP contribution in [0, 0.1) is 0 Å². The summed E-state index contributed by atoms with van der Waals surface area (Å²) in [5.41, 5.74) is 6.54. The van der Waals surface area contributed by atoms with Crippen LogP contribution in [0.3, 0.4) is 0 Å². The van der Waals surface area contributed by atoms with E-state index in [2.05, 4.69) is 70.5 Å². The predicted octanol–water partition coefficient (Wildman–Crippen LogP) is 7.56. The number of hydrogen-bond acceptors (Lipinski definition) is 1. The molecule has 1 fully saturated rings. The van der Waals surface area contributed by atoms with Crippen molar-refractivity contribution in [1.29, 1.82) is 0 Å². The van der Waals surface area contributed by atoms with Crippen molar-refractivity contribution in [2.75, 3.05) is 19.6 Å². The first-order valence-electron chi connectivity index (χ1n) is 11.0. The minimum Gasteiger partial charge on any atom is -0.354 e. The normalized spacial score (nSPS) is 15.5. The molecule has 1 aliphatic rings. The molecule has 2 nitrogen and oxygen atoms in total. The Balaban J connectivity index is 1.32. The lowest BCUT2D eigenvalue weighted by Gasteiger charge is -2.32. The summed E-state index contributed by atoms with van der Waals surface area (Å²) in [4.78, 5) is 6.29. The van der Waals surface area contributed by atoms with Crippen LogP contribution in [0.2, 0.25) is 10.0 Å². The molecule has 1 N–H and O–H groups in total. The molecule has 4 heteroatoms. The summed E-state index contributed by atoms with van der Waals surface area (Å²) >= 11 is 12.2. The standard InChI is InChI=1S/C27H26Cl2N2/c28-23-11-10-19(18-24(23)29)12-15-31-16-13-20(14-17-31)26-22-8-4-5-9-25(22)30-27(26)21-6-2-1-3-7-21/h1-11,18,20,30H,12-17H2. The number of piperidine rings is 1. The van der Waals surface area contributed by atoms with E-state index in [1.54, 1.807) is 0 Å². The van der Waals surface area contributed by atoms with Crippen LogP contribution in [-0.4, -0.2) is 29.5 Å². The highest BCUT2D eigenvalue weighted by Gasteiger charge is 2.26. The lowest BCUT2D eigenvalue weighted by Crippen LogP contribution is -2.34. The number of nitrogens with one attached hydrogen (secondary N) is 1. The lowest BCUT2D eigenvalue weighted by atomic mass is 9.86. The molecule has 31 heavy (non-hydrogen) atoms. The summed E-state index contributed by atoms with van der Waals surface area (Å²) in [6.07, 6.45) is 3.37. The fourth-order valence-corrected chi connectivity index (χ4v) is 5.17. The quantitative estimate of drug-likeness (QED) is 0.333. The lowest BCUT2D eigenvalue weighted by molar-refractivity contribution is 0.215. The summed E-state index contributed by atoms with van der Waals surface area (Å²) < 4.78 is 0. The molecule has 1 saturated heterocycles. The van der Waals surface area contributed by atoms with Crippen molar-refractivity contribution in [3.63, 3.8) is 0 Å². The molecule has 0 bridgehead atoms. The summed E-state index contributed by atoms with van der Waals surface area (Å²) in [7, 11) is 0. The van der Waals surface area contributed by atoms with Gasteiger partial charge in [-0.25, -0.2) is 0 Å². The maximum absolute atomic E-state index is 6.18.